The lowest BCUT2D eigenvalue weighted by atomic mass is 10.0. The zero-order valence-electron chi connectivity index (χ0n) is 14.5. The van der Waals surface area contributed by atoms with Crippen molar-refractivity contribution in [3.63, 3.8) is 0 Å². The second-order valence-corrected chi connectivity index (χ2v) is 6.90. The highest BCUT2D eigenvalue weighted by molar-refractivity contribution is 6.30. The van der Waals surface area contributed by atoms with Crippen molar-refractivity contribution in [1.29, 1.82) is 0 Å². The van der Waals surface area contributed by atoms with Gasteiger partial charge in [0.1, 0.15) is 17.9 Å². The number of halogens is 1. The molecule has 0 bridgehead atoms. The van der Waals surface area contributed by atoms with Crippen LogP contribution in [-0.4, -0.2) is 12.6 Å². The molecule has 2 aromatic carbocycles. The second-order valence-electron chi connectivity index (χ2n) is 6.46. The van der Waals surface area contributed by atoms with Crippen molar-refractivity contribution in [1.82, 2.24) is 0 Å². The lowest BCUT2D eigenvalue weighted by molar-refractivity contribution is -0.147. The third kappa shape index (κ3) is 3.98. The fraction of sp³-hybridized carbons (Fsp3) is 0.238. The van der Waals surface area contributed by atoms with E-state index in [1.165, 1.54) is 17.2 Å². The van der Waals surface area contributed by atoms with Gasteiger partial charge in [0.25, 0.3) is 0 Å². The lowest BCUT2D eigenvalue weighted by Gasteiger charge is -2.10. The van der Waals surface area contributed by atoms with Crippen LogP contribution in [0.25, 0.3) is 11.0 Å². The number of aryl methyl sites for hydroxylation is 2. The number of hydrogen-bond acceptors (Lipinski definition) is 5. The zero-order valence-corrected chi connectivity index (χ0v) is 15.3. The Morgan fingerprint density at radius 3 is 2.59 bits per heavy atom. The van der Waals surface area contributed by atoms with Crippen LogP contribution in [-0.2, 0) is 29.0 Å². The van der Waals surface area contributed by atoms with Crippen LogP contribution in [0.15, 0.2) is 51.7 Å². The average molecular weight is 385 g/mol. The highest BCUT2D eigenvalue weighted by Crippen LogP contribution is 2.28. The van der Waals surface area contributed by atoms with Gasteiger partial charge in [0, 0.05) is 22.0 Å². The number of ether oxygens (including phenoxy) is 2. The van der Waals surface area contributed by atoms with E-state index in [1.807, 2.05) is 12.1 Å². The smallest absolute Gasteiger partial charge is 0.344 e. The van der Waals surface area contributed by atoms with E-state index in [4.69, 9.17) is 25.5 Å². The lowest BCUT2D eigenvalue weighted by Crippen LogP contribution is -2.15. The van der Waals surface area contributed by atoms with Gasteiger partial charge in [0.15, 0.2) is 6.61 Å². The Balaban J connectivity index is 1.46. The molecule has 0 saturated carbocycles. The van der Waals surface area contributed by atoms with Crippen LogP contribution in [0.2, 0.25) is 5.02 Å². The van der Waals surface area contributed by atoms with Crippen LogP contribution in [0, 0.1) is 0 Å². The van der Waals surface area contributed by atoms with Gasteiger partial charge < -0.3 is 13.9 Å². The van der Waals surface area contributed by atoms with Gasteiger partial charge in [-0.15, -0.1) is 0 Å². The third-order valence-corrected chi connectivity index (χ3v) is 4.85. The van der Waals surface area contributed by atoms with Gasteiger partial charge in [-0.3, -0.25) is 0 Å². The maximum absolute atomic E-state index is 12.0. The second kappa shape index (κ2) is 7.45. The van der Waals surface area contributed by atoms with Gasteiger partial charge in [-0.2, -0.15) is 0 Å². The predicted octanol–water partition coefficient (Wildman–Crippen LogP) is 4.06. The largest absolute Gasteiger partial charge is 0.482 e. The van der Waals surface area contributed by atoms with Crippen molar-refractivity contribution in [3.8, 4) is 5.75 Å². The molecule has 0 amide bonds. The summed E-state index contributed by atoms with van der Waals surface area (Å²) in [6.45, 7) is -0.236. The minimum Gasteiger partial charge on any atom is -0.482 e. The van der Waals surface area contributed by atoms with Crippen molar-refractivity contribution >= 4 is 28.5 Å². The maximum atomic E-state index is 12.0. The van der Waals surface area contributed by atoms with Gasteiger partial charge in [-0.25, -0.2) is 9.59 Å². The Morgan fingerprint density at radius 2 is 1.81 bits per heavy atom. The summed E-state index contributed by atoms with van der Waals surface area (Å²) in [5.41, 5.74) is 3.19. The zero-order chi connectivity index (χ0) is 18.8. The van der Waals surface area contributed by atoms with Gasteiger partial charge in [0.2, 0.25) is 0 Å². The van der Waals surface area contributed by atoms with E-state index in [9.17, 15) is 9.59 Å². The molecule has 0 unspecified atom stereocenters. The van der Waals surface area contributed by atoms with Crippen molar-refractivity contribution in [2.45, 2.75) is 25.9 Å². The van der Waals surface area contributed by atoms with Crippen LogP contribution in [0.5, 0.6) is 5.75 Å². The van der Waals surface area contributed by atoms with Gasteiger partial charge in [-0.05, 0) is 66.8 Å². The number of carbonyl (C=O) groups is 1. The number of fused-ring (bicyclic) bond motifs is 2. The summed E-state index contributed by atoms with van der Waals surface area (Å²) in [5, 5.41) is 1.40. The normalized spacial score (nSPS) is 12.8. The minimum atomic E-state index is -0.521. The van der Waals surface area contributed by atoms with Crippen molar-refractivity contribution in [2.24, 2.45) is 0 Å². The molecule has 5 nitrogen and oxygen atoms in total. The topological polar surface area (TPSA) is 65.7 Å². The predicted molar refractivity (Wildman–Crippen MR) is 101 cm³/mol. The fourth-order valence-electron chi connectivity index (χ4n) is 3.29. The van der Waals surface area contributed by atoms with Crippen LogP contribution in [0.3, 0.4) is 0 Å². The summed E-state index contributed by atoms with van der Waals surface area (Å²) < 4.78 is 16.0. The van der Waals surface area contributed by atoms with E-state index >= 15 is 0 Å². The quantitative estimate of drug-likeness (QED) is 0.490. The molecule has 0 radical (unpaired) electrons. The Kier molecular flexibility index (Phi) is 4.86. The molecule has 0 N–H and O–H groups in total. The van der Waals surface area contributed by atoms with E-state index in [-0.39, 0.29) is 13.2 Å². The molecule has 0 fully saturated rings. The molecule has 3 aromatic rings. The molecule has 0 spiro atoms. The van der Waals surface area contributed by atoms with E-state index in [1.54, 1.807) is 24.3 Å². The van der Waals surface area contributed by atoms with E-state index in [2.05, 4.69) is 0 Å². The molecule has 27 heavy (non-hydrogen) atoms. The third-order valence-electron chi connectivity index (χ3n) is 4.60. The Hall–Kier alpha value is -2.79. The molecule has 1 aliphatic rings. The summed E-state index contributed by atoms with van der Waals surface area (Å²) in [5.74, 6) is 0.00483. The Labute approximate surface area is 160 Å². The number of esters is 1. The molecule has 0 saturated heterocycles. The van der Waals surface area contributed by atoms with Crippen molar-refractivity contribution < 1.29 is 18.7 Å². The van der Waals surface area contributed by atoms with Gasteiger partial charge >= 0.3 is 11.6 Å². The number of hydrogen-bond donors (Lipinski definition) is 0. The fourth-order valence-corrected chi connectivity index (χ4v) is 3.41. The molecule has 1 aromatic heterocycles. The molecule has 4 rings (SSSR count). The molecule has 0 atom stereocenters. The first-order chi connectivity index (χ1) is 13.1. The van der Waals surface area contributed by atoms with Crippen LogP contribution in [0.1, 0.15) is 23.1 Å². The van der Waals surface area contributed by atoms with Crippen LogP contribution in [0.4, 0.5) is 0 Å². The molecule has 1 heterocycles. The first-order valence-corrected chi connectivity index (χ1v) is 9.09. The van der Waals surface area contributed by atoms with E-state index in [0.717, 1.165) is 24.6 Å². The maximum Gasteiger partial charge on any atom is 0.344 e. The number of rotatable bonds is 5. The first-order valence-electron chi connectivity index (χ1n) is 8.71. The highest BCUT2D eigenvalue weighted by atomic mass is 35.5. The van der Waals surface area contributed by atoms with Crippen LogP contribution < -0.4 is 10.4 Å². The standard InChI is InChI=1S/C21H17ClO5/c22-16-4-6-17(7-5-16)25-12-21(24)26-11-15-10-20(23)27-19-9-14-3-1-2-13(14)8-18(15)19/h4-10H,1-3,11-12H2. The molecule has 138 valence electrons. The van der Waals surface area contributed by atoms with E-state index in [0.29, 0.717) is 21.9 Å². The molecule has 1 aliphatic carbocycles. The average Bonchev–Trinajstić information content (AvgIpc) is 3.11. The Bertz CT molecular complexity index is 1050. The highest BCUT2D eigenvalue weighted by Gasteiger charge is 2.16. The number of carbonyl (C=O) groups excluding carboxylic acids is 1. The van der Waals surface area contributed by atoms with Crippen molar-refractivity contribution in [2.75, 3.05) is 6.61 Å². The van der Waals surface area contributed by atoms with E-state index < -0.39 is 11.6 Å². The summed E-state index contributed by atoms with van der Waals surface area (Å²) in [7, 11) is 0. The number of benzene rings is 2. The van der Waals surface area contributed by atoms with Gasteiger partial charge in [0.05, 0.1) is 0 Å². The summed E-state index contributed by atoms with van der Waals surface area (Å²) >= 11 is 5.81. The monoisotopic (exact) mass is 384 g/mol. The SMILES string of the molecule is O=C(COc1ccc(Cl)cc1)OCc1cc(=O)oc2cc3c(cc12)CCC3. The molecule has 0 aliphatic heterocycles. The molecular formula is C21H17ClO5. The van der Waals surface area contributed by atoms with Crippen LogP contribution >= 0.6 is 11.6 Å². The molecular weight excluding hydrogens is 368 g/mol. The Morgan fingerprint density at radius 1 is 1.07 bits per heavy atom. The van der Waals surface area contributed by atoms with Crippen molar-refractivity contribution in [3.05, 3.63) is 74.6 Å². The summed E-state index contributed by atoms with van der Waals surface area (Å²) in [4.78, 5) is 23.8. The summed E-state index contributed by atoms with van der Waals surface area (Å²) in [6.07, 6.45) is 3.11. The minimum absolute atomic E-state index is 0.0102. The molecule has 6 heteroatoms. The first kappa shape index (κ1) is 17.6. The van der Waals surface area contributed by atoms with Gasteiger partial charge in [-0.1, -0.05) is 11.6 Å². The summed E-state index contributed by atoms with van der Waals surface area (Å²) in [6, 6.07) is 12.0.